The summed E-state index contributed by atoms with van der Waals surface area (Å²) in [6, 6.07) is 0. The van der Waals surface area contributed by atoms with Crippen LogP contribution in [0.1, 0.15) is 51.9 Å². The highest BCUT2D eigenvalue weighted by Gasteiger charge is 2.23. The minimum absolute atomic E-state index is 0.0301. The largest absolute Gasteiger partial charge is 0.451 e. The third kappa shape index (κ3) is 4.15. The second-order valence-corrected chi connectivity index (χ2v) is 5.22. The van der Waals surface area contributed by atoms with Gasteiger partial charge in [0.05, 0.1) is 0 Å². The van der Waals surface area contributed by atoms with Crippen LogP contribution in [0.25, 0.3) is 0 Å². The number of alkyl halides is 1. The van der Waals surface area contributed by atoms with Crippen LogP contribution in [-0.2, 0) is 9.53 Å². The summed E-state index contributed by atoms with van der Waals surface area (Å²) in [6.45, 7) is 2.00. The second-order valence-electron chi connectivity index (χ2n) is 3.99. The Morgan fingerprint density at radius 3 is 2.64 bits per heavy atom. The first-order valence-corrected chi connectivity index (χ1v) is 6.82. The number of hydrogen-bond donors (Lipinski definition) is 0. The average Bonchev–Trinajstić information content (AvgIpc) is 2.19. The molecule has 0 amide bonds. The van der Waals surface area contributed by atoms with E-state index in [2.05, 4.69) is 22.6 Å². The van der Waals surface area contributed by atoms with E-state index in [-0.39, 0.29) is 10.1 Å². The van der Waals surface area contributed by atoms with Crippen molar-refractivity contribution in [1.82, 2.24) is 0 Å². The number of carbonyl (C=O) groups is 1. The van der Waals surface area contributed by atoms with Crippen LogP contribution in [-0.4, -0.2) is 10.1 Å². The summed E-state index contributed by atoms with van der Waals surface area (Å²) in [5.74, 6) is 0.572. The first kappa shape index (κ1) is 12.3. The molecule has 1 rings (SSSR count). The molecule has 1 saturated carbocycles. The average molecular weight is 310 g/mol. The second kappa shape index (κ2) is 6.64. The Balaban J connectivity index is 2.25. The third-order valence-corrected chi connectivity index (χ3v) is 3.99. The Labute approximate surface area is 99.9 Å². The van der Waals surface area contributed by atoms with Crippen molar-refractivity contribution in [3.8, 4) is 0 Å². The van der Waals surface area contributed by atoms with Gasteiger partial charge in [0, 0.05) is 12.3 Å². The summed E-state index contributed by atoms with van der Waals surface area (Å²) in [5, 5.41) is 0. The van der Waals surface area contributed by atoms with Crippen molar-refractivity contribution in [2.24, 2.45) is 5.92 Å². The molecule has 0 radical (unpaired) electrons. The SMILES string of the molecule is CCCC(=O)OC(I)C1CCCCC1. The van der Waals surface area contributed by atoms with Crippen molar-refractivity contribution in [3.05, 3.63) is 0 Å². The quantitative estimate of drug-likeness (QED) is 0.450. The number of esters is 1. The fourth-order valence-corrected chi connectivity index (χ4v) is 2.88. The van der Waals surface area contributed by atoms with E-state index in [1.54, 1.807) is 0 Å². The fraction of sp³-hybridized carbons (Fsp3) is 0.909. The molecule has 82 valence electrons. The molecule has 2 nitrogen and oxygen atoms in total. The maximum Gasteiger partial charge on any atom is 0.306 e. The number of hydrogen-bond acceptors (Lipinski definition) is 2. The molecule has 3 heteroatoms. The van der Waals surface area contributed by atoms with Crippen molar-refractivity contribution < 1.29 is 9.53 Å². The van der Waals surface area contributed by atoms with E-state index in [1.807, 2.05) is 6.92 Å². The number of carbonyl (C=O) groups excluding carboxylic acids is 1. The summed E-state index contributed by atoms with van der Waals surface area (Å²) < 4.78 is 5.48. The van der Waals surface area contributed by atoms with Gasteiger partial charge in [-0.3, -0.25) is 4.79 Å². The lowest BCUT2D eigenvalue weighted by Gasteiger charge is -2.26. The van der Waals surface area contributed by atoms with Gasteiger partial charge in [0.1, 0.15) is 0 Å². The van der Waals surface area contributed by atoms with Crippen molar-refractivity contribution in [1.29, 1.82) is 0 Å². The van der Waals surface area contributed by atoms with Crippen molar-refractivity contribution in [3.63, 3.8) is 0 Å². The van der Waals surface area contributed by atoms with Crippen LogP contribution in [0, 0.1) is 5.92 Å². The molecule has 0 N–H and O–H groups in total. The van der Waals surface area contributed by atoms with Crippen LogP contribution < -0.4 is 0 Å². The minimum atomic E-state index is -0.0301. The Hall–Kier alpha value is 0.200. The summed E-state index contributed by atoms with van der Waals surface area (Å²) in [4.78, 5) is 11.3. The summed E-state index contributed by atoms with van der Waals surface area (Å²) >= 11 is 2.27. The van der Waals surface area contributed by atoms with Crippen molar-refractivity contribution in [2.45, 2.75) is 56.0 Å². The molecule has 14 heavy (non-hydrogen) atoms. The molecular weight excluding hydrogens is 291 g/mol. The molecule has 0 saturated heterocycles. The third-order valence-electron chi connectivity index (χ3n) is 2.72. The Bertz CT molecular complexity index is 176. The smallest absolute Gasteiger partial charge is 0.306 e. The lowest BCUT2D eigenvalue weighted by molar-refractivity contribution is -0.146. The van der Waals surface area contributed by atoms with Crippen LogP contribution in [0.2, 0.25) is 0 Å². The van der Waals surface area contributed by atoms with Gasteiger partial charge in [-0.1, -0.05) is 26.2 Å². The van der Waals surface area contributed by atoms with Crippen LogP contribution in [0.15, 0.2) is 0 Å². The minimum Gasteiger partial charge on any atom is -0.451 e. The molecule has 0 aromatic rings. The van der Waals surface area contributed by atoms with Crippen LogP contribution >= 0.6 is 22.6 Å². The van der Waals surface area contributed by atoms with E-state index in [1.165, 1.54) is 32.1 Å². The van der Waals surface area contributed by atoms with Gasteiger partial charge in [-0.2, -0.15) is 0 Å². The van der Waals surface area contributed by atoms with Gasteiger partial charge >= 0.3 is 5.97 Å². The maximum atomic E-state index is 11.3. The zero-order valence-corrected chi connectivity index (χ0v) is 11.0. The molecule has 0 heterocycles. The molecule has 0 bridgehead atoms. The summed E-state index contributed by atoms with van der Waals surface area (Å²) in [7, 11) is 0. The number of halogens is 1. The molecule has 1 aliphatic carbocycles. The van der Waals surface area contributed by atoms with E-state index in [0.717, 1.165) is 6.42 Å². The fourth-order valence-electron chi connectivity index (χ4n) is 1.88. The van der Waals surface area contributed by atoms with E-state index >= 15 is 0 Å². The highest BCUT2D eigenvalue weighted by atomic mass is 127. The molecule has 1 unspecified atom stereocenters. The Morgan fingerprint density at radius 2 is 2.07 bits per heavy atom. The van der Waals surface area contributed by atoms with E-state index in [0.29, 0.717) is 12.3 Å². The molecule has 0 aliphatic heterocycles. The number of ether oxygens (including phenoxy) is 1. The molecular formula is C11H19IO2. The highest BCUT2D eigenvalue weighted by molar-refractivity contribution is 14.1. The van der Waals surface area contributed by atoms with Gasteiger partial charge in [-0.05, 0) is 41.9 Å². The topological polar surface area (TPSA) is 26.3 Å². The van der Waals surface area contributed by atoms with Crippen molar-refractivity contribution >= 4 is 28.6 Å². The van der Waals surface area contributed by atoms with Crippen molar-refractivity contribution in [2.75, 3.05) is 0 Å². The van der Waals surface area contributed by atoms with Gasteiger partial charge in [0.25, 0.3) is 0 Å². The van der Waals surface area contributed by atoms with Gasteiger partial charge in [-0.25, -0.2) is 0 Å². The maximum absolute atomic E-state index is 11.3. The molecule has 1 atom stereocenters. The first-order valence-electron chi connectivity index (χ1n) is 5.57. The predicted molar refractivity (Wildman–Crippen MR) is 65.4 cm³/mol. The summed E-state index contributed by atoms with van der Waals surface area (Å²) in [5.41, 5.74) is 0. The molecule has 0 aromatic carbocycles. The first-order chi connectivity index (χ1) is 6.74. The van der Waals surface area contributed by atoms with Crippen LogP contribution in [0.3, 0.4) is 0 Å². The highest BCUT2D eigenvalue weighted by Crippen LogP contribution is 2.31. The predicted octanol–water partition coefficient (Wildman–Crippen LogP) is 3.67. The lowest BCUT2D eigenvalue weighted by Crippen LogP contribution is -2.23. The Kier molecular flexibility index (Phi) is 5.82. The lowest BCUT2D eigenvalue weighted by atomic mass is 9.90. The monoisotopic (exact) mass is 310 g/mol. The molecule has 1 aliphatic rings. The zero-order chi connectivity index (χ0) is 10.4. The molecule has 1 fully saturated rings. The molecule has 0 aromatic heterocycles. The van der Waals surface area contributed by atoms with Gasteiger partial charge in [0.15, 0.2) is 4.11 Å². The van der Waals surface area contributed by atoms with E-state index < -0.39 is 0 Å². The normalized spacial score (nSPS) is 20.4. The number of rotatable bonds is 4. The van der Waals surface area contributed by atoms with Crippen LogP contribution in [0.5, 0.6) is 0 Å². The van der Waals surface area contributed by atoms with Crippen LogP contribution in [0.4, 0.5) is 0 Å². The summed E-state index contributed by atoms with van der Waals surface area (Å²) in [6.07, 6.45) is 7.85. The van der Waals surface area contributed by atoms with Gasteiger partial charge < -0.3 is 4.74 Å². The van der Waals surface area contributed by atoms with Gasteiger partial charge in [0.2, 0.25) is 0 Å². The van der Waals surface area contributed by atoms with E-state index in [9.17, 15) is 4.79 Å². The Morgan fingerprint density at radius 1 is 1.43 bits per heavy atom. The van der Waals surface area contributed by atoms with E-state index in [4.69, 9.17) is 4.74 Å². The zero-order valence-electron chi connectivity index (χ0n) is 8.80. The standard InChI is InChI=1S/C11H19IO2/c1-2-6-10(13)14-11(12)9-7-4-3-5-8-9/h9,11H,2-8H2,1H3. The molecule has 0 spiro atoms. The van der Waals surface area contributed by atoms with Gasteiger partial charge in [-0.15, -0.1) is 0 Å².